The van der Waals surface area contributed by atoms with Crippen LogP contribution in [0, 0.1) is 19.3 Å². The van der Waals surface area contributed by atoms with Gasteiger partial charge in [-0.15, -0.1) is 0 Å². The summed E-state index contributed by atoms with van der Waals surface area (Å²) >= 11 is 0. The topological polar surface area (TPSA) is 3.88 Å². The van der Waals surface area contributed by atoms with Crippen molar-refractivity contribution in [2.45, 2.75) is 47.5 Å². The lowest BCUT2D eigenvalue weighted by atomic mass is 9.86. The zero-order valence-electron chi connectivity index (χ0n) is 17.5. The number of aromatic nitrogens is 1. The monoisotopic (exact) mass is 356 g/mol. The largest absolute Gasteiger partial charge is 0.213 e. The number of rotatable bonds is 2. The van der Waals surface area contributed by atoms with E-state index in [4.69, 9.17) is 0 Å². The molecule has 0 radical (unpaired) electrons. The van der Waals surface area contributed by atoms with Crippen LogP contribution >= 0.6 is 0 Å². The van der Waals surface area contributed by atoms with Crippen LogP contribution in [0.1, 0.15) is 48.6 Å². The first-order valence-electron chi connectivity index (χ1n) is 9.95. The van der Waals surface area contributed by atoms with E-state index in [0.29, 0.717) is 5.41 Å². The SMILES string of the molecule is Cc1cc(-c2c(C)ccc3c2Cc2ccccc2-3)[n+](C)cc1CC(C)(C)C. The zero-order valence-corrected chi connectivity index (χ0v) is 17.5. The first-order valence-corrected chi connectivity index (χ1v) is 9.95. The minimum Gasteiger partial charge on any atom is -0.201 e. The molecule has 138 valence electrons. The van der Waals surface area contributed by atoms with Crippen LogP contribution in [0.2, 0.25) is 0 Å². The lowest BCUT2D eigenvalue weighted by molar-refractivity contribution is -0.660. The van der Waals surface area contributed by atoms with Crippen LogP contribution in [0.4, 0.5) is 0 Å². The van der Waals surface area contributed by atoms with Gasteiger partial charge in [-0.2, -0.15) is 0 Å². The molecule has 0 bridgehead atoms. The van der Waals surface area contributed by atoms with Crippen molar-refractivity contribution in [3.63, 3.8) is 0 Å². The minimum absolute atomic E-state index is 0.296. The van der Waals surface area contributed by atoms with E-state index in [-0.39, 0.29) is 0 Å². The molecule has 0 N–H and O–H groups in total. The Hall–Kier alpha value is -2.41. The number of nitrogens with zero attached hydrogens (tertiary/aromatic N) is 1. The van der Waals surface area contributed by atoms with Gasteiger partial charge in [0.2, 0.25) is 5.69 Å². The van der Waals surface area contributed by atoms with Gasteiger partial charge < -0.3 is 0 Å². The van der Waals surface area contributed by atoms with E-state index in [0.717, 1.165) is 12.8 Å². The van der Waals surface area contributed by atoms with Gasteiger partial charge in [0, 0.05) is 11.6 Å². The molecule has 1 aliphatic rings. The average molecular weight is 357 g/mol. The average Bonchev–Trinajstić information content (AvgIpc) is 2.95. The third-order valence-corrected chi connectivity index (χ3v) is 5.76. The molecule has 0 atom stereocenters. The predicted molar refractivity (Wildman–Crippen MR) is 114 cm³/mol. The summed E-state index contributed by atoms with van der Waals surface area (Å²) in [6, 6.07) is 15.8. The Morgan fingerprint density at radius 1 is 0.926 bits per heavy atom. The molecule has 1 aliphatic carbocycles. The third kappa shape index (κ3) is 3.20. The number of aryl methyl sites for hydroxylation is 3. The summed E-state index contributed by atoms with van der Waals surface area (Å²) in [5.74, 6) is 0. The van der Waals surface area contributed by atoms with Crippen LogP contribution < -0.4 is 4.57 Å². The lowest BCUT2D eigenvalue weighted by Gasteiger charge is -2.19. The van der Waals surface area contributed by atoms with Crippen LogP contribution in [0.5, 0.6) is 0 Å². The molecule has 1 nitrogen and oxygen atoms in total. The van der Waals surface area contributed by atoms with Crippen molar-refractivity contribution in [3.05, 3.63) is 76.5 Å². The Morgan fingerprint density at radius 2 is 1.67 bits per heavy atom. The Morgan fingerprint density at radius 3 is 2.41 bits per heavy atom. The molecule has 4 rings (SSSR count). The third-order valence-electron chi connectivity index (χ3n) is 5.76. The van der Waals surface area contributed by atoms with Gasteiger partial charge >= 0.3 is 0 Å². The van der Waals surface area contributed by atoms with Crippen LogP contribution in [-0.2, 0) is 19.9 Å². The molecule has 27 heavy (non-hydrogen) atoms. The molecule has 0 fully saturated rings. The van der Waals surface area contributed by atoms with Gasteiger partial charge in [0.1, 0.15) is 7.05 Å². The fraction of sp³-hybridized carbons (Fsp3) is 0.346. The van der Waals surface area contributed by atoms with Crippen molar-refractivity contribution in [1.29, 1.82) is 0 Å². The molecular formula is C26H30N+. The Balaban J connectivity index is 1.87. The van der Waals surface area contributed by atoms with E-state index in [9.17, 15) is 0 Å². The molecule has 1 aromatic heterocycles. The number of pyridine rings is 1. The van der Waals surface area contributed by atoms with E-state index < -0.39 is 0 Å². The van der Waals surface area contributed by atoms with Crippen LogP contribution in [0.15, 0.2) is 48.7 Å². The summed E-state index contributed by atoms with van der Waals surface area (Å²) in [6.07, 6.45) is 4.48. The second-order valence-corrected chi connectivity index (χ2v) is 9.33. The van der Waals surface area contributed by atoms with E-state index in [1.807, 2.05) is 0 Å². The van der Waals surface area contributed by atoms with Gasteiger partial charge in [0.25, 0.3) is 0 Å². The Labute approximate surface area is 163 Å². The maximum Gasteiger partial charge on any atom is 0.213 e. The highest BCUT2D eigenvalue weighted by Crippen LogP contribution is 2.42. The molecule has 0 unspecified atom stereocenters. The number of benzene rings is 2. The van der Waals surface area contributed by atoms with Crippen LogP contribution in [0.25, 0.3) is 22.4 Å². The van der Waals surface area contributed by atoms with Crippen LogP contribution in [-0.4, -0.2) is 0 Å². The highest BCUT2D eigenvalue weighted by atomic mass is 14.9. The Bertz CT molecular complexity index is 1030. The van der Waals surface area contributed by atoms with Crippen molar-refractivity contribution in [1.82, 2.24) is 0 Å². The van der Waals surface area contributed by atoms with Gasteiger partial charge in [-0.25, -0.2) is 4.57 Å². The summed E-state index contributed by atoms with van der Waals surface area (Å²) in [7, 11) is 2.20. The highest BCUT2D eigenvalue weighted by molar-refractivity contribution is 5.84. The summed E-state index contributed by atoms with van der Waals surface area (Å²) in [4.78, 5) is 0. The standard InChI is InChI=1S/C26H30N/c1-17-11-12-22-21-10-8-7-9-19(21)14-23(22)25(17)24-13-18(2)20(16-27(24)6)15-26(3,4)5/h7-13,16H,14-15H2,1-6H3/q+1. The fourth-order valence-corrected chi connectivity index (χ4v) is 4.49. The number of hydrogen-bond donors (Lipinski definition) is 0. The second kappa shape index (κ2) is 6.34. The van der Waals surface area contributed by atoms with Crippen molar-refractivity contribution in [2.24, 2.45) is 12.5 Å². The lowest BCUT2D eigenvalue weighted by Crippen LogP contribution is -2.33. The molecule has 2 aromatic carbocycles. The van der Waals surface area contributed by atoms with Gasteiger partial charge in [0.05, 0.1) is 5.56 Å². The molecule has 1 heterocycles. The Kier molecular flexibility index (Phi) is 4.22. The maximum absolute atomic E-state index is 2.40. The molecule has 0 spiro atoms. The van der Waals surface area contributed by atoms with Crippen molar-refractivity contribution in [3.8, 4) is 22.4 Å². The molecule has 0 saturated carbocycles. The zero-order chi connectivity index (χ0) is 19.3. The minimum atomic E-state index is 0.296. The summed E-state index contributed by atoms with van der Waals surface area (Å²) in [6.45, 7) is 11.4. The van der Waals surface area contributed by atoms with Gasteiger partial charge in [-0.1, -0.05) is 57.2 Å². The summed E-state index contributed by atoms with van der Waals surface area (Å²) in [5, 5.41) is 0. The first-order chi connectivity index (χ1) is 12.7. The molecule has 0 saturated heterocycles. The molecular weight excluding hydrogens is 326 g/mol. The number of hydrogen-bond acceptors (Lipinski definition) is 0. The smallest absolute Gasteiger partial charge is 0.201 e. The van der Waals surface area contributed by atoms with E-state index in [2.05, 4.69) is 94.9 Å². The van der Waals surface area contributed by atoms with E-state index in [1.54, 1.807) is 0 Å². The second-order valence-electron chi connectivity index (χ2n) is 9.33. The van der Waals surface area contributed by atoms with Gasteiger partial charge in [-0.3, -0.25) is 0 Å². The van der Waals surface area contributed by atoms with E-state index >= 15 is 0 Å². The van der Waals surface area contributed by atoms with Gasteiger partial charge in [0.15, 0.2) is 6.20 Å². The molecule has 1 heteroatoms. The fourth-order valence-electron chi connectivity index (χ4n) is 4.49. The maximum atomic E-state index is 2.40. The molecule has 0 aliphatic heterocycles. The summed E-state index contributed by atoms with van der Waals surface area (Å²) < 4.78 is 2.33. The molecule has 0 amide bonds. The predicted octanol–water partition coefficient (Wildman–Crippen LogP) is 5.95. The summed E-state index contributed by atoms with van der Waals surface area (Å²) in [5.41, 5.74) is 13.0. The van der Waals surface area contributed by atoms with Crippen LogP contribution in [0.3, 0.4) is 0 Å². The van der Waals surface area contributed by atoms with E-state index in [1.165, 1.54) is 50.2 Å². The van der Waals surface area contributed by atoms with Crippen molar-refractivity contribution in [2.75, 3.05) is 0 Å². The quantitative estimate of drug-likeness (QED) is 0.390. The van der Waals surface area contributed by atoms with Crippen molar-refractivity contribution < 1.29 is 4.57 Å². The molecule has 3 aromatic rings. The highest BCUT2D eigenvalue weighted by Gasteiger charge is 2.27. The normalized spacial score (nSPS) is 12.8. The van der Waals surface area contributed by atoms with Gasteiger partial charge in [-0.05, 0) is 65.5 Å². The van der Waals surface area contributed by atoms with Crippen molar-refractivity contribution >= 4 is 0 Å². The first kappa shape index (κ1) is 18.0. The number of fused-ring (bicyclic) bond motifs is 3.